The predicted octanol–water partition coefficient (Wildman–Crippen LogP) is 4.73. The van der Waals surface area contributed by atoms with Crippen LogP contribution >= 0.6 is 0 Å². The van der Waals surface area contributed by atoms with Crippen LogP contribution < -0.4 is 16.5 Å². The molecule has 0 aromatic carbocycles. The summed E-state index contributed by atoms with van der Waals surface area (Å²) in [5.41, 5.74) is 6.07. The summed E-state index contributed by atoms with van der Waals surface area (Å²) >= 11 is 0. The number of nitrogens with zero attached hydrogens (tertiary/aromatic N) is 3. The number of imidazole rings is 1. The highest BCUT2D eigenvalue weighted by molar-refractivity contribution is 5.56. The topological polar surface area (TPSA) is 53.7 Å². The summed E-state index contributed by atoms with van der Waals surface area (Å²) in [6, 6.07) is 1.63. The Kier molecular flexibility index (Phi) is 7.28. The number of hydrogen-bond acceptors (Lipinski definition) is 4. The monoisotopic (exact) mass is 493 g/mol. The summed E-state index contributed by atoms with van der Waals surface area (Å²) in [5, 5.41) is 0. The van der Waals surface area contributed by atoms with Crippen molar-refractivity contribution < 1.29 is 13.2 Å². The van der Waals surface area contributed by atoms with Crippen molar-refractivity contribution >= 4 is 5.52 Å². The summed E-state index contributed by atoms with van der Waals surface area (Å²) in [5.74, 6) is 1.01. The molecule has 0 radical (unpaired) electrons. The Morgan fingerprint density at radius 2 is 1.94 bits per heavy atom. The first-order valence-corrected chi connectivity index (χ1v) is 13.3. The second kappa shape index (κ2) is 10.3. The first-order chi connectivity index (χ1) is 16.8. The molecular weight excluding hydrogens is 455 g/mol. The summed E-state index contributed by atoms with van der Waals surface area (Å²) in [7, 11) is 0. The Labute approximate surface area is 204 Å². The fraction of sp³-hybridized carbons (Fsp3) is 0.731. The van der Waals surface area contributed by atoms with Gasteiger partial charge < -0.3 is 0 Å². The van der Waals surface area contributed by atoms with Crippen molar-refractivity contribution in [2.45, 2.75) is 89.5 Å². The minimum atomic E-state index is -4.51. The highest BCUT2D eigenvalue weighted by Gasteiger charge is 2.35. The van der Waals surface area contributed by atoms with Crippen LogP contribution in [-0.2, 0) is 12.7 Å². The van der Waals surface area contributed by atoms with Crippen LogP contribution in [-0.4, -0.2) is 39.5 Å². The molecule has 4 unspecified atom stereocenters. The van der Waals surface area contributed by atoms with E-state index in [0.29, 0.717) is 30.0 Å². The van der Waals surface area contributed by atoms with Crippen molar-refractivity contribution in [1.82, 2.24) is 24.7 Å². The van der Waals surface area contributed by atoms with Gasteiger partial charge in [-0.25, -0.2) is 4.79 Å². The molecule has 3 aliphatic rings. The second-order valence-corrected chi connectivity index (χ2v) is 11.1. The third-order valence-corrected chi connectivity index (χ3v) is 8.23. The van der Waals surface area contributed by atoms with Crippen LogP contribution in [0.15, 0.2) is 23.3 Å². The molecule has 0 bridgehead atoms. The van der Waals surface area contributed by atoms with Crippen LogP contribution in [0.25, 0.3) is 5.52 Å². The number of likely N-dealkylation sites (tertiary alicyclic amines) is 1. The van der Waals surface area contributed by atoms with Gasteiger partial charge in [-0.15, -0.1) is 0 Å². The summed E-state index contributed by atoms with van der Waals surface area (Å²) in [4.78, 5) is 15.6. The van der Waals surface area contributed by atoms with Gasteiger partial charge in [0.2, 0.25) is 0 Å². The van der Waals surface area contributed by atoms with Crippen LogP contribution in [0.1, 0.15) is 81.9 Å². The maximum Gasteiger partial charge on any atom is 0.418 e. The van der Waals surface area contributed by atoms with E-state index in [1.165, 1.54) is 16.7 Å². The predicted molar refractivity (Wildman–Crippen MR) is 130 cm³/mol. The Balaban J connectivity index is 1.42. The molecule has 2 aromatic rings. The third-order valence-electron chi connectivity index (χ3n) is 8.23. The average molecular weight is 494 g/mol. The van der Waals surface area contributed by atoms with Gasteiger partial charge in [-0.05, 0) is 75.0 Å². The Morgan fingerprint density at radius 3 is 2.69 bits per heavy atom. The molecule has 1 aliphatic carbocycles. The molecule has 4 heterocycles. The number of hydrazine groups is 1. The van der Waals surface area contributed by atoms with E-state index < -0.39 is 11.7 Å². The molecule has 35 heavy (non-hydrogen) atoms. The van der Waals surface area contributed by atoms with Gasteiger partial charge in [0.05, 0.1) is 11.1 Å². The van der Waals surface area contributed by atoms with Crippen molar-refractivity contribution in [2.75, 3.05) is 19.6 Å². The van der Waals surface area contributed by atoms with Crippen molar-refractivity contribution in [3.05, 3.63) is 40.1 Å². The number of alkyl halides is 3. The minimum Gasteiger partial charge on any atom is -0.299 e. The lowest BCUT2D eigenvalue weighted by molar-refractivity contribution is -0.136. The molecule has 5 rings (SSSR count). The second-order valence-electron chi connectivity index (χ2n) is 11.1. The van der Waals surface area contributed by atoms with Gasteiger partial charge >= 0.3 is 11.9 Å². The van der Waals surface area contributed by atoms with E-state index in [9.17, 15) is 18.0 Å². The summed E-state index contributed by atoms with van der Waals surface area (Å²) in [6.07, 6.45) is 7.92. The van der Waals surface area contributed by atoms with E-state index in [0.717, 1.165) is 77.4 Å². The summed E-state index contributed by atoms with van der Waals surface area (Å²) < 4.78 is 45.1. The highest BCUT2D eigenvalue weighted by atomic mass is 19.4. The molecule has 3 fully saturated rings. The zero-order valence-electron chi connectivity index (χ0n) is 20.6. The van der Waals surface area contributed by atoms with E-state index in [-0.39, 0.29) is 17.2 Å². The standard InChI is InChI=1S/C26H38F3N5O/c1-18-5-4-10-32(14-18)15-20-13-23(26(27,28)29)24-17-33(25(35)34(24)16-20)22-8-2-6-19(12-22)11-21-7-3-9-30-31-21/h13,16-19,21-22,30-31H,2-12,14-15H2,1H3. The van der Waals surface area contributed by atoms with Crippen LogP contribution in [0.3, 0.4) is 0 Å². The largest absolute Gasteiger partial charge is 0.418 e. The number of rotatable bonds is 5. The molecule has 2 N–H and O–H groups in total. The number of aromatic nitrogens is 2. The molecule has 9 heteroatoms. The van der Waals surface area contributed by atoms with Gasteiger partial charge in [0.15, 0.2) is 0 Å². The first-order valence-electron chi connectivity index (χ1n) is 13.3. The molecule has 2 aliphatic heterocycles. The fourth-order valence-corrected chi connectivity index (χ4v) is 6.56. The van der Waals surface area contributed by atoms with Crippen molar-refractivity contribution in [3.8, 4) is 0 Å². The summed E-state index contributed by atoms with van der Waals surface area (Å²) in [6.45, 7) is 5.36. The van der Waals surface area contributed by atoms with E-state index in [2.05, 4.69) is 22.7 Å². The van der Waals surface area contributed by atoms with Crippen molar-refractivity contribution in [2.24, 2.45) is 11.8 Å². The lowest BCUT2D eigenvalue weighted by atomic mass is 9.81. The highest BCUT2D eigenvalue weighted by Crippen LogP contribution is 2.37. The van der Waals surface area contributed by atoms with Crippen molar-refractivity contribution in [3.63, 3.8) is 0 Å². The van der Waals surface area contributed by atoms with Crippen molar-refractivity contribution in [1.29, 1.82) is 0 Å². The number of hydrogen-bond donors (Lipinski definition) is 2. The number of piperidine rings is 1. The zero-order valence-corrected chi connectivity index (χ0v) is 20.6. The molecule has 194 valence electrons. The van der Waals surface area contributed by atoms with E-state index >= 15 is 0 Å². The minimum absolute atomic E-state index is 0.0291. The average Bonchev–Trinajstić information content (AvgIpc) is 3.15. The Bertz CT molecular complexity index is 1070. The number of pyridine rings is 1. The molecule has 0 spiro atoms. The first kappa shape index (κ1) is 24.8. The fourth-order valence-electron chi connectivity index (χ4n) is 6.56. The van der Waals surface area contributed by atoms with Gasteiger partial charge in [-0.2, -0.15) is 13.2 Å². The molecule has 0 amide bonds. The molecule has 6 nitrogen and oxygen atoms in total. The van der Waals surface area contributed by atoms with Gasteiger partial charge in [-0.3, -0.25) is 24.7 Å². The van der Waals surface area contributed by atoms with Crippen LogP contribution in [0.4, 0.5) is 13.2 Å². The van der Waals surface area contributed by atoms with Crippen LogP contribution in [0, 0.1) is 11.8 Å². The van der Waals surface area contributed by atoms with Gasteiger partial charge in [0.25, 0.3) is 0 Å². The normalized spacial score (nSPS) is 29.0. The molecular formula is C26H38F3N5O. The smallest absolute Gasteiger partial charge is 0.299 e. The molecule has 1 saturated carbocycles. The lowest BCUT2D eigenvalue weighted by Crippen LogP contribution is -2.46. The van der Waals surface area contributed by atoms with Crippen LogP contribution in [0.5, 0.6) is 0 Å². The van der Waals surface area contributed by atoms with E-state index in [4.69, 9.17) is 0 Å². The maximum atomic E-state index is 14.1. The number of nitrogens with one attached hydrogen (secondary N) is 2. The Morgan fingerprint density at radius 1 is 1.09 bits per heavy atom. The SMILES string of the molecule is CC1CCCN(Cc2cc(C(F)(F)F)c3cn(C4CCCC(CC5CCCNN5)C4)c(=O)n3c2)C1. The van der Waals surface area contributed by atoms with Crippen LogP contribution in [0.2, 0.25) is 0 Å². The maximum absolute atomic E-state index is 14.1. The van der Waals surface area contributed by atoms with E-state index in [1.54, 1.807) is 10.8 Å². The number of fused-ring (bicyclic) bond motifs is 1. The third kappa shape index (κ3) is 5.62. The molecule has 2 saturated heterocycles. The molecule has 2 aromatic heterocycles. The number of halogens is 3. The lowest BCUT2D eigenvalue weighted by Gasteiger charge is -2.33. The zero-order chi connectivity index (χ0) is 24.6. The van der Waals surface area contributed by atoms with Gasteiger partial charge in [-0.1, -0.05) is 19.8 Å². The molecule has 4 atom stereocenters. The van der Waals surface area contributed by atoms with E-state index in [1.807, 2.05) is 0 Å². The van der Waals surface area contributed by atoms with Gasteiger partial charge in [0, 0.05) is 44.1 Å². The quantitative estimate of drug-likeness (QED) is 0.633. The Hall–Kier alpha value is -1.84. The van der Waals surface area contributed by atoms with Gasteiger partial charge in [0.1, 0.15) is 0 Å².